The Morgan fingerprint density at radius 1 is 1.47 bits per heavy atom. The van der Waals surface area contributed by atoms with Crippen molar-refractivity contribution >= 4 is 23.5 Å². The summed E-state index contributed by atoms with van der Waals surface area (Å²) in [7, 11) is 0. The average Bonchev–Trinajstić information content (AvgIpc) is 2.67. The summed E-state index contributed by atoms with van der Waals surface area (Å²) in [5, 5.41) is 2.65. The molecular weight excluding hydrogens is 222 g/mol. The number of hydrogen-bond acceptors (Lipinski definition) is 5. The fourth-order valence-corrected chi connectivity index (χ4v) is 2.14. The van der Waals surface area contributed by atoms with Crippen LogP contribution < -0.4 is 16.6 Å². The standard InChI is InChI=1S/C10H9N5O2/c11-15-10(17)8-12-5-3-1-2-4-6(5)7(13-8)14-9(4)16/h1-4,6H,11H2,(H,15,17)(H,12,13,14,16). The van der Waals surface area contributed by atoms with Crippen LogP contribution in [0.1, 0.15) is 0 Å². The lowest BCUT2D eigenvalue weighted by Crippen LogP contribution is -2.39. The molecule has 2 heterocycles. The fourth-order valence-electron chi connectivity index (χ4n) is 2.14. The number of nitrogens with one attached hydrogen (secondary N) is 2. The first kappa shape index (κ1) is 9.91. The van der Waals surface area contributed by atoms with Crippen molar-refractivity contribution in [2.75, 3.05) is 0 Å². The van der Waals surface area contributed by atoms with Crippen molar-refractivity contribution in [3.05, 3.63) is 23.9 Å². The number of allylic oxidation sites excluding steroid dienone is 2. The van der Waals surface area contributed by atoms with Crippen LogP contribution in [0.15, 0.2) is 33.9 Å². The quantitative estimate of drug-likeness (QED) is 0.293. The third-order valence-electron chi connectivity index (χ3n) is 2.91. The van der Waals surface area contributed by atoms with E-state index in [0.29, 0.717) is 11.5 Å². The van der Waals surface area contributed by atoms with Crippen LogP contribution in [0.4, 0.5) is 0 Å². The first-order chi connectivity index (χ1) is 8.20. The third kappa shape index (κ3) is 1.32. The molecule has 0 saturated carbocycles. The summed E-state index contributed by atoms with van der Waals surface area (Å²) < 4.78 is 0. The first-order valence-corrected chi connectivity index (χ1v) is 5.08. The van der Waals surface area contributed by atoms with Crippen LogP contribution >= 0.6 is 0 Å². The van der Waals surface area contributed by atoms with Gasteiger partial charge in [-0.3, -0.25) is 15.0 Å². The fraction of sp³-hybridized carbons (Fsp3) is 0.200. The lowest BCUT2D eigenvalue weighted by Gasteiger charge is -2.21. The summed E-state index contributed by atoms with van der Waals surface area (Å²) in [4.78, 5) is 31.1. The number of hydrogen-bond donors (Lipinski definition) is 3. The third-order valence-corrected chi connectivity index (χ3v) is 2.91. The SMILES string of the molecule is NNC(=O)C1=NC2=CC=CC3C(=O)NC(=N1)C23. The van der Waals surface area contributed by atoms with Crippen molar-refractivity contribution in [2.24, 2.45) is 27.7 Å². The van der Waals surface area contributed by atoms with Gasteiger partial charge in [0, 0.05) is 0 Å². The molecule has 0 spiro atoms. The normalized spacial score (nSPS) is 28.8. The Balaban J connectivity index is 2.08. The molecule has 2 aliphatic heterocycles. The molecule has 0 aromatic carbocycles. The maximum atomic E-state index is 11.7. The monoisotopic (exact) mass is 231 g/mol. The van der Waals surface area contributed by atoms with Gasteiger partial charge in [0.1, 0.15) is 5.84 Å². The molecule has 86 valence electrons. The molecule has 1 saturated heterocycles. The van der Waals surface area contributed by atoms with E-state index in [4.69, 9.17) is 5.84 Å². The Hall–Kier alpha value is -2.28. The number of carbonyl (C=O) groups is 2. The highest BCUT2D eigenvalue weighted by Gasteiger charge is 2.44. The summed E-state index contributed by atoms with van der Waals surface area (Å²) in [5.41, 5.74) is 2.62. The van der Waals surface area contributed by atoms with Gasteiger partial charge >= 0.3 is 5.91 Å². The van der Waals surface area contributed by atoms with Gasteiger partial charge in [-0.2, -0.15) is 0 Å². The number of amides is 2. The summed E-state index contributed by atoms with van der Waals surface area (Å²) in [6, 6.07) is 0. The van der Waals surface area contributed by atoms with Crippen LogP contribution in [0.5, 0.6) is 0 Å². The van der Waals surface area contributed by atoms with Gasteiger partial charge in [0.05, 0.1) is 17.5 Å². The van der Waals surface area contributed by atoms with E-state index in [0.717, 1.165) is 0 Å². The van der Waals surface area contributed by atoms with E-state index in [-0.39, 0.29) is 23.6 Å². The molecule has 0 bridgehead atoms. The summed E-state index contributed by atoms with van der Waals surface area (Å²) in [6.07, 6.45) is 5.32. The number of aliphatic imine (C=N–C) groups is 2. The molecule has 3 aliphatic rings. The molecule has 4 N–H and O–H groups in total. The highest BCUT2D eigenvalue weighted by Crippen LogP contribution is 2.34. The molecule has 0 aromatic heterocycles. The van der Waals surface area contributed by atoms with Gasteiger partial charge in [0.25, 0.3) is 0 Å². The highest BCUT2D eigenvalue weighted by molar-refractivity contribution is 6.41. The zero-order chi connectivity index (χ0) is 12.0. The van der Waals surface area contributed by atoms with Crippen molar-refractivity contribution in [3.8, 4) is 0 Å². The second kappa shape index (κ2) is 3.36. The predicted octanol–water partition coefficient (Wildman–Crippen LogP) is -1.40. The molecule has 7 nitrogen and oxygen atoms in total. The van der Waals surface area contributed by atoms with E-state index in [1.165, 1.54) is 0 Å². The number of rotatable bonds is 1. The average molecular weight is 231 g/mol. The largest absolute Gasteiger partial charge is 0.313 e. The van der Waals surface area contributed by atoms with Crippen LogP contribution in [-0.4, -0.2) is 23.5 Å². The molecular formula is C10H9N5O2. The molecule has 17 heavy (non-hydrogen) atoms. The Morgan fingerprint density at radius 2 is 2.29 bits per heavy atom. The minimum absolute atomic E-state index is 0.0405. The van der Waals surface area contributed by atoms with Crippen molar-refractivity contribution in [3.63, 3.8) is 0 Å². The van der Waals surface area contributed by atoms with E-state index < -0.39 is 5.91 Å². The lowest BCUT2D eigenvalue weighted by atomic mass is 9.87. The van der Waals surface area contributed by atoms with E-state index in [2.05, 4.69) is 15.3 Å². The molecule has 0 aromatic rings. The lowest BCUT2D eigenvalue weighted by molar-refractivity contribution is -0.121. The maximum Gasteiger partial charge on any atom is 0.303 e. The molecule has 1 aliphatic carbocycles. The molecule has 1 fully saturated rings. The molecule has 2 unspecified atom stereocenters. The topological polar surface area (TPSA) is 109 Å². The van der Waals surface area contributed by atoms with Crippen molar-refractivity contribution in [2.45, 2.75) is 0 Å². The van der Waals surface area contributed by atoms with Gasteiger partial charge in [-0.25, -0.2) is 15.8 Å². The van der Waals surface area contributed by atoms with E-state index in [9.17, 15) is 9.59 Å². The summed E-state index contributed by atoms with van der Waals surface area (Å²) in [6.45, 7) is 0. The van der Waals surface area contributed by atoms with Gasteiger partial charge in [-0.15, -0.1) is 0 Å². The first-order valence-electron chi connectivity index (χ1n) is 5.08. The number of amidine groups is 2. The van der Waals surface area contributed by atoms with Crippen LogP contribution in [0.25, 0.3) is 0 Å². The van der Waals surface area contributed by atoms with Crippen molar-refractivity contribution in [1.82, 2.24) is 10.7 Å². The smallest absolute Gasteiger partial charge is 0.303 e. The predicted molar refractivity (Wildman–Crippen MR) is 59.5 cm³/mol. The van der Waals surface area contributed by atoms with Gasteiger partial charge < -0.3 is 5.32 Å². The number of nitrogens with zero attached hydrogens (tertiary/aromatic N) is 2. The summed E-state index contributed by atoms with van der Waals surface area (Å²) >= 11 is 0. The second-order valence-corrected chi connectivity index (χ2v) is 3.88. The maximum absolute atomic E-state index is 11.7. The summed E-state index contributed by atoms with van der Waals surface area (Å²) in [5.74, 6) is 4.27. The zero-order valence-electron chi connectivity index (χ0n) is 8.68. The van der Waals surface area contributed by atoms with Gasteiger partial charge in [0.15, 0.2) is 0 Å². The molecule has 7 heteroatoms. The van der Waals surface area contributed by atoms with Crippen LogP contribution in [-0.2, 0) is 9.59 Å². The number of hydrazine groups is 1. The molecule has 2 amide bonds. The van der Waals surface area contributed by atoms with Crippen LogP contribution in [0.2, 0.25) is 0 Å². The van der Waals surface area contributed by atoms with E-state index in [1.54, 1.807) is 18.2 Å². The Kier molecular flexibility index (Phi) is 1.96. The second-order valence-electron chi connectivity index (χ2n) is 3.88. The molecule has 0 radical (unpaired) electrons. The Labute approximate surface area is 96.2 Å². The molecule has 3 rings (SSSR count). The highest BCUT2D eigenvalue weighted by atomic mass is 16.2. The Bertz CT molecular complexity index is 543. The van der Waals surface area contributed by atoms with E-state index in [1.807, 2.05) is 5.43 Å². The van der Waals surface area contributed by atoms with E-state index >= 15 is 0 Å². The number of carbonyl (C=O) groups excluding carboxylic acids is 2. The van der Waals surface area contributed by atoms with Crippen molar-refractivity contribution in [1.29, 1.82) is 0 Å². The number of nitrogens with two attached hydrogens (primary N) is 1. The zero-order valence-corrected chi connectivity index (χ0v) is 8.68. The van der Waals surface area contributed by atoms with Crippen LogP contribution in [0.3, 0.4) is 0 Å². The van der Waals surface area contributed by atoms with Gasteiger partial charge in [0.2, 0.25) is 11.7 Å². The van der Waals surface area contributed by atoms with Gasteiger partial charge in [-0.1, -0.05) is 12.2 Å². The molecule has 2 atom stereocenters. The van der Waals surface area contributed by atoms with Crippen LogP contribution in [0, 0.1) is 11.8 Å². The Morgan fingerprint density at radius 3 is 3.06 bits per heavy atom. The van der Waals surface area contributed by atoms with Gasteiger partial charge in [-0.05, 0) is 6.08 Å². The minimum Gasteiger partial charge on any atom is -0.313 e. The van der Waals surface area contributed by atoms with Crippen molar-refractivity contribution < 1.29 is 9.59 Å². The minimum atomic E-state index is -0.580.